The summed E-state index contributed by atoms with van der Waals surface area (Å²) in [7, 11) is 0. The molecule has 0 fully saturated rings. The Labute approximate surface area is 169 Å². The largest absolute Gasteiger partial charge is 0.353 e. The average molecular weight is 410 g/mol. The normalized spacial score (nSPS) is 12.6. The van der Waals surface area contributed by atoms with Gasteiger partial charge in [0.1, 0.15) is 0 Å². The lowest BCUT2D eigenvalue weighted by Gasteiger charge is -2.16. The number of benzene rings is 1. The van der Waals surface area contributed by atoms with Crippen molar-refractivity contribution >= 4 is 40.8 Å². The van der Waals surface area contributed by atoms with Gasteiger partial charge in [-0.15, -0.1) is 10.2 Å². The van der Waals surface area contributed by atoms with E-state index in [1.807, 2.05) is 6.92 Å². The SMILES string of the molecule is CC(C)c1ccc(CSc2nnc(SCC(=O)NC(C)C(C)C)s2)cc1. The van der Waals surface area contributed by atoms with Crippen molar-refractivity contribution in [1.82, 2.24) is 15.5 Å². The molecule has 1 amide bonds. The van der Waals surface area contributed by atoms with Crippen LogP contribution in [0.3, 0.4) is 0 Å². The van der Waals surface area contributed by atoms with E-state index >= 15 is 0 Å². The summed E-state index contributed by atoms with van der Waals surface area (Å²) in [6.45, 7) is 10.6. The molecule has 2 rings (SSSR count). The van der Waals surface area contributed by atoms with Crippen LogP contribution in [0, 0.1) is 5.92 Å². The van der Waals surface area contributed by atoms with Crippen LogP contribution in [-0.2, 0) is 10.5 Å². The molecule has 0 radical (unpaired) electrons. The highest BCUT2D eigenvalue weighted by Gasteiger charge is 2.13. The third-order valence-electron chi connectivity index (χ3n) is 4.11. The molecule has 0 aliphatic rings. The van der Waals surface area contributed by atoms with E-state index in [9.17, 15) is 4.79 Å². The van der Waals surface area contributed by atoms with E-state index in [4.69, 9.17) is 0 Å². The van der Waals surface area contributed by atoms with Gasteiger partial charge in [0.2, 0.25) is 5.91 Å². The van der Waals surface area contributed by atoms with Crippen molar-refractivity contribution in [1.29, 1.82) is 0 Å². The fraction of sp³-hybridized carbons (Fsp3) is 0.526. The third kappa shape index (κ3) is 6.93. The van der Waals surface area contributed by atoms with E-state index in [1.165, 1.54) is 22.9 Å². The molecule has 26 heavy (non-hydrogen) atoms. The summed E-state index contributed by atoms with van der Waals surface area (Å²) in [5, 5.41) is 11.4. The number of nitrogens with one attached hydrogen (secondary N) is 1. The van der Waals surface area contributed by atoms with Gasteiger partial charge < -0.3 is 5.32 Å². The average Bonchev–Trinajstić information content (AvgIpc) is 3.06. The van der Waals surface area contributed by atoms with Crippen LogP contribution < -0.4 is 5.32 Å². The first-order valence-corrected chi connectivity index (χ1v) is 11.6. The summed E-state index contributed by atoms with van der Waals surface area (Å²) < 4.78 is 1.78. The quantitative estimate of drug-likeness (QED) is 0.576. The Morgan fingerprint density at radius 2 is 1.65 bits per heavy atom. The van der Waals surface area contributed by atoms with E-state index in [0.717, 1.165) is 14.4 Å². The zero-order chi connectivity index (χ0) is 19.1. The highest BCUT2D eigenvalue weighted by Crippen LogP contribution is 2.31. The predicted molar refractivity (Wildman–Crippen MR) is 113 cm³/mol. The molecule has 7 heteroatoms. The first-order valence-electron chi connectivity index (χ1n) is 8.82. The lowest BCUT2D eigenvalue weighted by atomic mass is 10.0. The minimum absolute atomic E-state index is 0.0471. The van der Waals surface area contributed by atoms with Crippen LogP contribution in [0.25, 0.3) is 0 Å². The van der Waals surface area contributed by atoms with Gasteiger partial charge in [0.15, 0.2) is 8.68 Å². The van der Waals surface area contributed by atoms with Crippen LogP contribution in [0.5, 0.6) is 0 Å². The molecule has 1 heterocycles. The number of rotatable bonds is 9. The molecule has 0 bridgehead atoms. The summed E-state index contributed by atoms with van der Waals surface area (Å²) in [5.41, 5.74) is 2.64. The Morgan fingerprint density at radius 3 is 2.23 bits per heavy atom. The number of hydrogen-bond acceptors (Lipinski definition) is 6. The summed E-state index contributed by atoms with van der Waals surface area (Å²) in [5.74, 6) is 2.30. The second-order valence-corrected chi connectivity index (χ2v) is 10.3. The van der Waals surface area contributed by atoms with Gasteiger partial charge in [-0.1, -0.05) is 86.8 Å². The van der Waals surface area contributed by atoms with E-state index in [2.05, 4.69) is 67.5 Å². The fourth-order valence-corrected chi connectivity index (χ4v) is 4.83. The lowest BCUT2D eigenvalue weighted by Crippen LogP contribution is -2.37. The molecule has 4 nitrogen and oxygen atoms in total. The molecule has 142 valence electrons. The number of carbonyl (C=O) groups excluding carboxylic acids is 1. The summed E-state index contributed by atoms with van der Waals surface area (Å²) in [4.78, 5) is 11.9. The highest BCUT2D eigenvalue weighted by molar-refractivity contribution is 8.03. The number of nitrogens with zero attached hydrogens (tertiary/aromatic N) is 2. The Hall–Kier alpha value is -1.05. The van der Waals surface area contributed by atoms with Crippen molar-refractivity contribution in [2.45, 2.75) is 61.0 Å². The lowest BCUT2D eigenvalue weighted by molar-refractivity contribution is -0.119. The van der Waals surface area contributed by atoms with Crippen LogP contribution in [-0.4, -0.2) is 27.9 Å². The van der Waals surface area contributed by atoms with Gasteiger partial charge in [0.05, 0.1) is 5.75 Å². The molecule has 1 N–H and O–H groups in total. The maximum atomic E-state index is 11.9. The standard InChI is InChI=1S/C19H27N3OS3/c1-12(2)14(5)20-17(23)11-25-19-22-21-18(26-19)24-10-15-6-8-16(9-7-15)13(3)4/h6-9,12-14H,10-11H2,1-5H3,(H,20,23). The summed E-state index contributed by atoms with van der Waals surface area (Å²) in [6.07, 6.45) is 0. The number of aromatic nitrogens is 2. The van der Waals surface area contributed by atoms with Gasteiger partial charge >= 0.3 is 0 Å². The maximum Gasteiger partial charge on any atom is 0.230 e. The van der Waals surface area contributed by atoms with Crippen LogP contribution in [0.2, 0.25) is 0 Å². The zero-order valence-corrected chi connectivity index (χ0v) is 18.4. The van der Waals surface area contributed by atoms with Crippen LogP contribution in [0.1, 0.15) is 51.7 Å². The molecule has 1 aromatic heterocycles. The van der Waals surface area contributed by atoms with Gasteiger partial charge in [0.25, 0.3) is 0 Å². The Morgan fingerprint density at radius 1 is 1.04 bits per heavy atom. The predicted octanol–water partition coefficient (Wildman–Crippen LogP) is 5.21. The van der Waals surface area contributed by atoms with Crippen molar-refractivity contribution < 1.29 is 4.79 Å². The summed E-state index contributed by atoms with van der Waals surface area (Å²) >= 11 is 4.69. The molecule has 2 aromatic rings. The number of amides is 1. The molecule has 1 unspecified atom stereocenters. The van der Waals surface area contributed by atoms with E-state index in [1.54, 1.807) is 23.1 Å². The van der Waals surface area contributed by atoms with Gasteiger partial charge in [-0.3, -0.25) is 4.79 Å². The number of carbonyl (C=O) groups is 1. The van der Waals surface area contributed by atoms with E-state index < -0.39 is 0 Å². The van der Waals surface area contributed by atoms with Crippen molar-refractivity contribution in [3.63, 3.8) is 0 Å². The maximum absolute atomic E-state index is 11.9. The Bertz CT molecular complexity index is 698. The van der Waals surface area contributed by atoms with Gasteiger partial charge in [-0.2, -0.15) is 0 Å². The first-order chi connectivity index (χ1) is 12.3. The van der Waals surface area contributed by atoms with Crippen LogP contribution in [0.15, 0.2) is 32.9 Å². The van der Waals surface area contributed by atoms with Crippen molar-refractivity contribution in [2.75, 3.05) is 5.75 Å². The number of thioether (sulfide) groups is 2. The molecule has 1 aromatic carbocycles. The second-order valence-electron chi connectivity index (χ2n) is 6.91. The Balaban J connectivity index is 1.77. The van der Waals surface area contributed by atoms with Gasteiger partial charge in [-0.05, 0) is 29.9 Å². The minimum atomic E-state index is 0.0471. The highest BCUT2D eigenvalue weighted by atomic mass is 32.2. The molecule has 0 spiro atoms. The molecular formula is C19H27N3OS3. The molecule has 0 aliphatic carbocycles. The van der Waals surface area contributed by atoms with Gasteiger partial charge in [0, 0.05) is 11.8 Å². The van der Waals surface area contributed by atoms with Crippen molar-refractivity contribution in [2.24, 2.45) is 5.92 Å². The molecule has 0 aliphatic heterocycles. The van der Waals surface area contributed by atoms with Crippen LogP contribution >= 0.6 is 34.9 Å². The van der Waals surface area contributed by atoms with E-state index in [0.29, 0.717) is 17.6 Å². The second kappa shape index (κ2) is 10.3. The summed E-state index contributed by atoms with van der Waals surface area (Å²) in [6, 6.07) is 8.93. The molecule has 0 saturated heterocycles. The van der Waals surface area contributed by atoms with Crippen molar-refractivity contribution in [3.05, 3.63) is 35.4 Å². The van der Waals surface area contributed by atoms with Crippen molar-refractivity contribution in [3.8, 4) is 0 Å². The number of hydrogen-bond donors (Lipinski definition) is 1. The van der Waals surface area contributed by atoms with E-state index in [-0.39, 0.29) is 11.9 Å². The Kier molecular flexibility index (Phi) is 8.44. The fourth-order valence-electron chi connectivity index (χ4n) is 2.05. The molecular weight excluding hydrogens is 382 g/mol. The topological polar surface area (TPSA) is 54.9 Å². The molecule has 1 atom stereocenters. The molecule has 0 saturated carbocycles. The van der Waals surface area contributed by atoms with Gasteiger partial charge in [-0.25, -0.2) is 0 Å². The third-order valence-corrected chi connectivity index (χ3v) is 7.37. The first kappa shape index (κ1) is 21.3. The van der Waals surface area contributed by atoms with Crippen LogP contribution in [0.4, 0.5) is 0 Å². The smallest absolute Gasteiger partial charge is 0.230 e. The minimum Gasteiger partial charge on any atom is -0.353 e. The zero-order valence-electron chi connectivity index (χ0n) is 16.0. The monoisotopic (exact) mass is 409 g/mol.